The van der Waals surface area contributed by atoms with Crippen LogP contribution < -0.4 is 31.9 Å². The molecule has 2 aliphatic heterocycles. The first-order valence-corrected chi connectivity index (χ1v) is 16.0. The molecule has 8 N–H and O–H groups in total. The van der Waals surface area contributed by atoms with Crippen molar-refractivity contribution in [2.24, 2.45) is 11.8 Å². The lowest BCUT2D eigenvalue weighted by molar-refractivity contribution is -0.144. The van der Waals surface area contributed by atoms with Gasteiger partial charge in [0, 0.05) is 43.0 Å². The fraction of sp³-hybridized carbons (Fsp3) is 0.531. The molecule has 0 aliphatic carbocycles. The third-order valence-electron chi connectivity index (χ3n) is 8.66. The molecule has 0 saturated carbocycles. The number of aromatic amines is 1. The summed E-state index contributed by atoms with van der Waals surface area (Å²) in [4.78, 5) is 96.4. The van der Waals surface area contributed by atoms with E-state index in [4.69, 9.17) is 0 Å². The summed E-state index contributed by atoms with van der Waals surface area (Å²) in [5.74, 6) is -6.33. The summed E-state index contributed by atoms with van der Waals surface area (Å²) in [5.41, 5.74) is 1.47. The number of H-pyrrole nitrogens is 1. The average molecular weight is 669 g/mol. The Balaban J connectivity index is 1.66. The van der Waals surface area contributed by atoms with Crippen LogP contribution in [0.2, 0.25) is 0 Å². The van der Waals surface area contributed by atoms with Crippen LogP contribution in [0.25, 0.3) is 10.9 Å². The number of fused-ring (bicyclic) bond motifs is 1. The SMILES string of the molecule is CC(C)C1C(=O)NC(CNC(=O)C2CCNCC2)C(=O)NCC(=O)NC(CC(=O)O)C(=O)N[C@H](Cc2c[nH]c3ccccc23)C(=O)N1C. The van der Waals surface area contributed by atoms with Crippen LogP contribution in [-0.4, -0.2) is 114 Å². The van der Waals surface area contributed by atoms with Crippen LogP contribution in [0.15, 0.2) is 30.5 Å². The number of amides is 6. The van der Waals surface area contributed by atoms with Crippen LogP contribution in [0, 0.1) is 11.8 Å². The van der Waals surface area contributed by atoms with E-state index in [1.54, 1.807) is 20.0 Å². The minimum Gasteiger partial charge on any atom is -0.481 e. The molecule has 3 heterocycles. The van der Waals surface area contributed by atoms with Gasteiger partial charge in [-0.1, -0.05) is 32.0 Å². The number of piperidine rings is 1. The van der Waals surface area contributed by atoms with Crippen LogP contribution >= 0.6 is 0 Å². The van der Waals surface area contributed by atoms with Gasteiger partial charge in [-0.15, -0.1) is 0 Å². The van der Waals surface area contributed by atoms with E-state index in [0.717, 1.165) is 10.9 Å². The Morgan fingerprint density at radius 2 is 1.62 bits per heavy atom. The third-order valence-corrected chi connectivity index (χ3v) is 8.66. The van der Waals surface area contributed by atoms with Crippen molar-refractivity contribution >= 4 is 52.3 Å². The number of aromatic nitrogens is 1. The quantitative estimate of drug-likeness (QED) is 0.161. The Labute approximate surface area is 277 Å². The number of nitrogens with one attached hydrogen (secondary N) is 7. The van der Waals surface area contributed by atoms with Crippen molar-refractivity contribution in [1.82, 2.24) is 41.8 Å². The van der Waals surface area contributed by atoms with E-state index in [2.05, 4.69) is 36.9 Å². The number of rotatable bonds is 8. The van der Waals surface area contributed by atoms with E-state index >= 15 is 0 Å². The van der Waals surface area contributed by atoms with Crippen LogP contribution in [-0.2, 0) is 40.0 Å². The fourth-order valence-electron chi connectivity index (χ4n) is 6.12. The highest BCUT2D eigenvalue weighted by molar-refractivity contribution is 5.98. The number of benzene rings is 1. The minimum absolute atomic E-state index is 0.0233. The summed E-state index contributed by atoms with van der Waals surface area (Å²) < 4.78 is 0. The number of carboxylic acids is 1. The number of para-hydroxylation sites is 1. The summed E-state index contributed by atoms with van der Waals surface area (Å²) in [7, 11) is 1.41. The Morgan fingerprint density at radius 1 is 0.938 bits per heavy atom. The van der Waals surface area contributed by atoms with Crippen molar-refractivity contribution in [3.63, 3.8) is 0 Å². The van der Waals surface area contributed by atoms with Crippen molar-refractivity contribution in [3.8, 4) is 0 Å². The number of aliphatic carboxylic acids is 1. The maximum absolute atomic E-state index is 14.2. The Kier molecular flexibility index (Phi) is 12.1. The van der Waals surface area contributed by atoms with Gasteiger partial charge in [0.1, 0.15) is 24.2 Å². The van der Waals surface area contributed by atoms with E-state index in [1.807, 2.05) is 24.3 Å². The van der Waals surface area contributed by atoms with Crippen LogP contribution in [0.4, 0.5) is 0 Å². The maximum atomic E-state index is 14.2. The van der Waals surface area contributed by atoms with Crippen LogP contribution in [0.1, 0.15) is 38.7 Å². The summed E-state index contributed by atoms with van der Waals surface area (Å²) >= 11 is 0. The lowest BCUT2D eigenvalue weighted by Crippen LogP contribution is -2.61. The second kappa shape index (κ2) is 16.2. The van der Waals surface area contributed by atoms with Gasteiger partial charge >= 0.3 is 5.97 Å². The highest BCUT2D eigenvalue weighted by atomic mass is 16.4. The zero-order chi connectivity index (χ0) is 35.0. The van der Waals surface area contributed by atoms with Gasteiger partial charge in [0.2, 0.25) is 35.4 Å². The van der Waals surface area contributed by atoms with Gasteiger partial charge < -0.3 is 46.9 Å². The van der Waals surface area contributed by atoms with Crippen LogP contribution in [0.3, 0.4) is 0 Å². The molecule has 0 radical (unpaired) electrons. The highest BCUT2D eigenvalue weighted by Gasteiger charge is 2.38. The van der Waals surface area contributed by atoms with Crippen molar-refractivity contribution in [2.75, 3.05) is 33.2 Å². The lowest BCUT2D eigenvalue weighted by atomic mass is 9.97. The van der Waals surface area contributed by atoms with E-state index in [-0.39, 0.29) is 24.8 Å². The fourth-order valence-corrected chi connectivity index (χ4v) is 6.12. The van der Waals surface area contributed by atoms with Gasteiger partial charge in [0.25, 0.3) is 0 Å². The summed E-state index contributed by atoms with van der Waals surface area (Å²) in [5, 5.41) is 26.2. The predicted molar refractivity (Wildman–Crippen MR) is 173 cm³/mol. The second-order valence-electron chi connectivity index (χ2n) is 12.5. The molecule has 2 fully saturated rings. The molecule has 260 valence electrons. The van der Waals surface area contributed by atoms with Gasteiger partial charge in [-0.05, 0) is 43.5 Å². The Bertz CT molecular complexity index is 1530. The summed E-state index contributed by atoms with van der Waals surface area (Å²) in [6.07, 6.45) is 2.10. The Morgan fingerprint density at radius 3 is 2.31 bits per heavy atom. The number of likely N-dealkylation sites (N-methyl/N-ethyl adjacent to an activating group) is 1. The minimum atomic E-state index is -1.58. The van der Waals surface area contributed by atoms with Crippen molar-refractivity contribution in [2.45, 2.75) is 63.7 Å². The summed E-state index contributed by atoms with van der Waals surface area (Å²) in [6.45, 7) is 3.85. The normalized spacial score (nSPS) is 23.8. The van der Waals surface area contributed by atoms with E-state index in [1.165, 1.54) is 11.9 Å². The first-order chi connectivity index (χ1) is 22.8. The van der Waals surface area contributed by atoms with Gasteiger partial charge in [-0.3, -0.25) is 33.6 Å². The number of hydrogen-bond acceptors (Lipinski definition) is 8. The van der Waals surface area contributed by atoms with Crippen molar-refractivity contribution in [1.29, 1.82) is 0 Å². The number of carbonyl (C=O) groups is 7. The lowest BCUT2D eigenvalue weighted by Gasteiger charge is -2.34. The molecule has 2 saturated heterocycles. The molecular formula is C32H44N8O8. The standard InChI is InChI=1S/C32H44N8O8/c1-17(2)27-31(47)39-24(15-35-28(44)18-8-10-33-11-9-18)29(45)36-16-25(41)37-22(13-26(42)43)30(46)38-23(32(48)40(27)3)12-19-14-34-21-7-5-4-6-20(19)21/h4-7,14,17-18,22-24,27,33-34H,8-13,15-16H2,1-3H3,(H,35,44)(H,36,45)(H,37,41)(H,38,46)(H,39,47)(H,42,43)/t22?,23-,24?,27?/m1/s1. The van der Waals surface area contributed by atoms with Gasteiger partial charge in [-0.25, -0.2) is 0 Å². The number of carbonyl (C=O) groups excluding carboxylic acids is 6. The second-order valence-corrected chi connectivity index (χ2v) is 12.5. The number of nitrogens with zero attached hydrogens (tertiary/aromatic N) is 1. The summed E-state index contributed by atoms with van der Waals surface area (Å²) in [6, 6.07) is 2.06. The molecule has 48 heavy (non-hydrogen) atoms. The smallest absolute Gasteiger partial charge is 0.305 e. The molecule has 16 nitrogen and oxygen atoms in total. The topological polar surface area (TPSA) is 231 Å². The monoisotopic (exact) mass is 668 g/mol. The predicted octanol–water partition coefficient (Wildman–Crippen LogP) is -1.63. The molecule has 1 aromatic heterocycles. The molecule has 16 heteroatoms. The molecule has 4 rings (SSSR count). The van der Waals surface area contributed by atoms with Gasteiger partial charge in [0.15, 0.2) is 0 Å². The van der Waals surface area contributed by atoms with Crippen molar-refractivity contribution in [3.05, 3.63) is 36.0 Å². The first kappa shape index (κ1) is 35.9. The molecule has 1 aromatic carbocycles. The van der Waals surface area contributed by atoms with E-state index < -0.39 is 78.6 Å². The zero-order valence-electron chi connectivity index (χ0n) is 27.3. The number of carboxylic acid groups (broad SMARTS) is 1. The zero-order valence-corrected chi connectivity index (χ0v) is 27.3. The first-order valence-electron chi connectivity index (χ1n) is 16.0. The van der Waals surface area contributed by atoms with Crippen molar-refractivity contribution < 1.29 is 38.7 Å². The average Bonchev–Trinajstić information content (AvgIpc) is 3.46. The molecule has 2 aliphatic rings. The third kappa shape index (κ3) is 9.08. The van der Waals surface area contributed by atoms with Crippen LogP contribution in [0.5, 0.6) is 0 Å². The Hall–Kier alpha value is -4.99. The molecule has 6 amide bonds. The molecular weight excluding hydrogens is 624 g/mol. The van der Waals surface area contributed by atoms with Gasteiger partial charge in [-0.2, -0.15) is 0 Å². The largest absolute Gasteiger partial charge is 0.481 e. The van der Waals surface area contributed by atoms with Gasteiger partial charge in [0.05, 0.1) is 13.0 Å². The highest BCUT2D eigenvalue weighted by Crippen LogP contribution is 2.21. The molecule has 0 bridgehead atoms. The van der Waals surface area contributed by atoms with E-state index in [9.17, 15) is 38.7 Å². The molecule has 2 aromatic rings. The molecule has 3 unspecified atom stereocenters. The number of hydrogen-bond donors (Lipinski definition) is 8. The van der Waals surface area contributed by atoms with E-state index in [0.29, 0.717) is 31.5 Å². The maximum Gasteiger partial charge on any atom is 0.305 e. The molecule has 4 atom stereocenters. The molecule has 0 spiro atoms.